The van der Waals surface area contributed by atoms with Crippen LogP contribution in [0.25, 0.3) is 0 Å². The Labute approximate surface area is 141 Å². The lowest BCUT2D eigenvalue weighted by Gasteiger charge is -2.14. The quantitative estimate of drug-likeness (QED) is 0.694. The van der Waals surface area contributed by atoms with Crippen LogP contribution < -0.4 is 16.8 Å². The molecule has 1 aromatic heterocycles. The summed E-state index contributed by atoms with van der Waals surface area (Å²) in [6.45, 7) is 0.0371. The first kappa shape index (κ1) is 17.6. The number of nitrogens with two attached hydrogens (primary N) is 2. The second-order valence-corrected chi connectivity index (χ2v) is 6.12. The van der Waals surface area contributed by atoms with E-state index in [1.165, 1.54) is 23.6 Å². The molecule has 0 aliphatic heterocycles. The molecular formula is C16H16FN3O3S. The Kier molecular flexibility index (Phi) is 5.64. The lowest BCUT2D eigenvalue weighted by atomic mass is 9.98. The Hall–Kier alpha value is -2.74. The van der Waals surface area contributed by atoms with E-state index < -0.39 is 23.6 Å². The molecule has 0 aliphatic rings. The molecule has 0 aliphatic carbocycles. The fraction of sp³-hybridized carbons (Fsp3) is 0.188. The Morgan fingerprint density at radius 1 is 1.17 bits per heavy atom. The van der Waals surface area contributed by atoms with E-state index in [-0.39, 0.29) is 24.3 Å². The molecule has 1 aromatic carbocycles. The van der Waals surface area contributed by atoms with E-state index >= 15 is 0 Å². The number of primary amides is 2. The second-order valence-electron chi connectivity index (χ2n) is 5.20. The van der Waals surface area contributed by atoms with Crippen molar-refractivity contribution in [1.82, 2.24) is 5.32 Å². The lowest BCUT2D eigenvalue weighted by molar-refractivity contribution is -0.121. The van der Waals surface area contributed by atoms with E-state index in [4.69, 9.17) is 11.5 Å². The van der Waals surface area contributed by atoms with Gasteiger partial charge in [0.2, 0.25) is 11.8 Å². The molecule has 0 unspecified atom stereocenters. The maximum Gasteiger partial charge on any atom is 0.261 e. The Balaban J connectivity index is 1.97. The molecule has 0 saturated heterocycles. The number of amides is 3. The third-order valence-corrected chi connectivity index (χ3v) is 4.34. The van der Waals surface area contributed by atoms with Gasteiger partial charge in [0.1, 0.15) is 5.82 Å². The van der Waals surface area contributed by atoms with Gasteiger partial charge in [-0.15, -0.1) is 11.3 Å². The highest BCUT2D eigenvalue weighted by Gasteiger charge is 2.19. The van der Waals surface area contributed by atoms with Crippen molar-refractivity contribution in [3.63, 3.8) is 0 Å². The molecule has 2 aromatic rings. The predicted octanol–water partition coefficient (Wildman–Crippen LogP) is 1.06. The summed E-state index contributed by atoms with van der Waals surface area (Å²) in [4.78, 5) is 34.9. The average Bonchev–Trinajstić information content (AvgIpc) is 3.03. The van der Waals surface area contributed by atoms with Gasteiger partial charge in [-0.25, -0.2) is 4.39 Å². The smallest absolute Gasteiger partial charge is 0.261 e. The molecule has 1 heterocycles. The molecule has 0 bridgehead atoms. The SMILES string of the molecule is NC(=O)c1csc(C(=O)NC[C@@H](Cc2ccc(F)cc2)C(N)=O)c1. The second kappa shape index (κ2) is 7.69. The first-order valence-corrected chi connectivity index (χ1v) is 7.95. The molecule has 24 heavy (non-hydrogen) atoms. The third kappa shape index (κ3) is 4.63. The minimum atomic E-state index is -0.630. The molecule has 0 spiro atoms. The van der Waals surface area contributed by atoms with Gasteiger partial charge in [0, 0.05) is 11.9 Å². The van der Waals surface area contributed by atoms with Crippen molar-refractivity contribution in [3.05, 3.63) is 57.5 Å². The van der Waals surface area contributed by atoms with Gasteiger partial charge in [0.05, 0.1) is 16.4 Å². The molecule has 6 nitrogen and oxygen atoms in total. The van der Waals surface area contributed by atoms with Crippen LogP contribution in [0.3, 0.4) is 0 Å². The number of benzene rings is 1. The monoisotopic (exact) mass is 349 g/mol. The fourth-order valence-corrected chi connectivity index (χ4v) is 2.88. The van der Waals surface area contributed by atoms with Crippen LogP contribution in [0.4, 0.5) is 4.39 Å². The van der Waals surface area contributed by atoms with Crippen molar-refractivity contribution < 1.29 is 18.8 Å². The third-order valence-electron chi connectivity index (χ3n) is 3.41. The largest absolute Gasteiger partial charge is 0.369 e. The fourth-order valence-electron chi connectivity index (χ4n) is 2.07. The molecule has 8 heteroatoms. The first-order valence-electron chi connectivity index (χ1n) is 7.07. The van der Waals surface area contributed by atoms with Crippen molar-refractivity contribution in [2.24, 2.45) is 17.4 Å². The molecule has 0 saturated carbocycles. The predicted molar refractivity (Wildman–Crippen MR) is 88.0 cm³/mol. The zero-order valence-corrected chi connectivity index (χ0v) is 13.4. The van der Waals surface area contributed by atoms with Crippen LogP contribution in [-0.4, -0.2) is 24.3 Å². The molecule has 0 fully saturated rings. The number of carbonyl (C=O) groups is 3. The molecular weight excluding hydrogens is 333 g/mol. The van der Waals surface area contributed by atoms with Gasteiger partial charge in [-0.2, -0.15) is 0 Å². The van der Waals surface area contributed by atoms with Crippen LogP contribution in [0, 0.1) is 11.7 Å². The Morgan fingerprint density at radius 3 is 2.38 bits per heavy atom. The number of carbonyl (C=O) groups excluding carboxylic acids is 3. The summed E-state index contributed by atoms with van der Waals surface area (Å²) < 4.78 is 12.9. The summed E-state index contributed by atoms with van der Waals surface area (Å²) in [5.74, 6) is -2.60. The van der Waals surface area contributed by atoms with Gasteiger partial charge in [0.25, 0.3) is 5.91 Å². The summed E-state index contributed by atoms with van der Waals surface area (Å²) in [5, 5.41) is 4.10. The standard InChI is InChI=1S/C16H16FN3O3S/c17-12-3-1-9(2-4-12)5-10(14(18)21)7-20-16(23)13-6-11(8-24-13)15(19)22/h1-4,6,8,10H,5,7H2,(H2,18,21)(H2,19,22)(H,20,23)/t10-/m1/s1. The van der Waals surface area contributed by atoms with Gasteiger partial charge in [0.15, 0.2) is 0 Å². The van der Waals surface area contributed by atoms with E-state index in [2.05, 4.69) is 5.32 Å². The number of hydrogen-bond acceptors (Lipinski definition) is 4. The normalized spacial score (nSPS) is 11.7. The molecule has 5 N–H and O–H groups in total. The van der Waals surface area contributed by atoms with Gasteiger partial charge >= 0.3 is 0 Å². The summed E-state index contributed by atoms with van der Waals surface area (Å²) in [7, 11) is 0. The van der Waals surface area contributed by atoms with Crippen molar-refractivity contribution in [3.8, 4) is 0 Å². The van der Waals surface area contributed by atoms with Gasteiger partial charge in [-0.3, -0.25) is 14.4 Å². The lowest BCUT2D eigenvalue weighted by Crippen LogP contribution is -2.37. The molecule has 1 atom stereocenters. The maximum atomic E-state index is 12.9. The first-order chi connectivity index (χ1) is 11.4. The van der Waals surface area contributed by atoms with Crippen molar-refractivity contribution >= 4 is 29.1 Å². The van der Waals surface area contributed by atoms with Crippen molar-refractivity contribution in [2.45, 2.75) is 6.42 Å². The Bertz CT molecular complexity index is 758. The van der Waals surface area contributed by atoms with Gasteiger partial charge < -0.3 is 16.8 Å². The Morgan fingerprint density at radius 2 is 1.83 bits per heavy atom. The van der Waals surface area contributed by atoms with E-state index in [9.17, 15) is 18.8 Å². The molecule has 3 amide bonds. The maximum absolute atomic E-state index is 12.9. The van der Waals surface area contributed by atoms with Crippen LogP contribution >= 0.6 is 11.3 Å². The highest BCUT2D eigenvalue weighted by molar-refractivity contribution is 7.12. The van der Waals surface area contributed by atoms with Crippen LogP contribution in [0.15, 0.2) is 35.7 Å². The van der Waals surface area contributed by atoms with Gasteiger partial charge in [-0.1, -0.05) is 12.1 Å². The van der Waals surface area contributed by atoms with E-state index in [0.717, 1.165) is 16.9 Å². The summed E-state index contributed by atoms with van der Waals surface area (Å²) in [5.41, 5.74) is 11.5. The van der Waals surface area contributed by atoms with Crippen LogP contribution in [0.2, 0.25) is 0 Å². The zero-order chi connectivity index (χ0) is 17.7. The number of halogens is 1. The number of nitrogens with one attached hydrogen (secondary N) is 1. The summed E-state index contributed by atoms with van der Waals surface area (Å²) >= 11 is 1.08. The number of hydrogen-bond donors (Lipinski definition) is 3. The van der Waals surface area contributed by atoms with Crippen molar-refractivity contribution in [1.29, 1.82) is 0 Å². The van der Waals surface area contributed by atoms with Crippen LogP contribution in [-0.2, 0) is 11.2 Å². The van der Waals surface area contributed by atoms with Crippen molar-refractivity contribution in [2.75, 3.05) is 6.54 Å². The van der Waals surface area contributed by atoms with Gasteiger partial charge in [-0.05, 0) is 30.2 Å². The highest BCUT2D eigenvalue weighted by Crippen LogP contribution is 2.15. The van der Waals surface area contributed by atoms with E-state index in [1.807, 2.05) is 0 Å². The minimum absolute atomic E-state index is 0.0371. The van der Waals surface area contributed by atoms with Crippen LogP contribution in [0.1, 0.15) is 25.6 Å². The molecule has 126 valence electrons. The number of rotatable bonds is 7. The topological polar surface area (TPSA) is 115 Å². The minimum Gasteiger partial charge on any atom is -0.369 e. The molecule has 0 radical (unpaired) electrons. The van der Waals surface area contributed by atoms with Crippen LogP contribution in [0.5, 0.6) is 0 Å². The zero-order valence-electron chi connectivity index (χ0n) is 12.6. The highest BCUT2D eigenvalue weighted by atomic mass is 32.1. The average molecular weight is 349 g/mol. The summed E-state index contributed by atoms with van der Waals surface area (Å²) in [6.07, 6.45) is 0.285. The number of thiophene rings is 1. The van der Waals surface area contributed by atoms with E-state index in [0.29, 0.717) is 4.88 Å². The molecule has 2 rings (SSSR count). The van der Waals surface area contributed by atoms with E-state index in [1.54, 1.807) is 12.1 Å². The summed E-state index contributed by atoms with van der Waals surface area (Å²) in [6, 6.07) is 7.10.